The van der Waals surface area contributed by atoms with E-state index in [0.29, 0.717) is 17.5 Å². The number of hydrogen-bond acceptors (Lipinski definition) is 2. The highest BCUT2D eigenvalue weighted by Gasteiger charge is 2.02. The van der Waals surface area contributed by atoms with E-state index in [1.807, 2.05) is 18.2 Å². The van der Waals surface area contributed by atoms with Crippen molar-refractivity contribution in [3.8, 4) is 5.75 Å². The van der Waals surface area contributed by atoms with Crippen molar-refractivity contribution in [2.45, 2.75) is 19.8 Å². The Labute approximate surface area is 113 Å². The van der Waals surface area contributed by atoms with E-state index in [9.17, 15) is 0 Å². The molecule has 0 saturated carbocycles. The van der Waals surface area contributed by atoms with Crippen LogP contribution in [0.1, 0.15) is 18.9 Å². The van der Waals surface area contributed by atoms with Gasteiger partial charge < -0.3 is 15.8 Å². The Bertz CT molecular complexity index is 407. The Morgan fingerprint density at radius 1 is 1.50 bits per heavy atom. The van der Waals surface area contributed by atoms with Crippen LogP contribution in [0.3, 0.4) is 0 Å². The van der Waals surface area contributed by atoms with Gasteiger partial charge in [0.1, 0.15) is 5.75 Å². The lowest BCUT2D eigenvalue weighted by atomic mass is 10.1. The smallest absolute Gasteiger partial charge is 0.188 e. The first-order chi connectivity index (χ1) is 8.67. The fourth-order valence-electron chi connectivity index (χ4n) is 1.47. The summed E-state index contributed by atoms with van der Waals surface area (Å²) in [6.45, 7) is 3.53. The van der Waals surface area contributed by atoms with Crippen LogP contribution in [0.15, 0.2) is 23.2 Å². The van der Waals surface area contributed by atoms with Crippen LogP contribution in [0.5, 0.6) is 5.75 Å². The standard InChI is InChI=1S/C13H20ClN3O/c1-3-7-16-13(15)17-8-6-10-4-5-11(18-2)9-12(10)14/h4-5,9H,3,6-8H2,1-2H3,(H3,15,16,17). The summed E-state index contributed by atoms with van der Waals surface area (Å²) in [5, 5.41) is 3.77. The normalized spacial score (nSPS) is 11.4. The molecule has 0 heterocycles. The first-order valence-corrected chi connectivity index (χ1v) is 6.41. The molecule has 0 unspecified atom stereocenters. The fraction of sp³-hybridized carbons (Fsp3) is 0.462. The van der Waals surface area contributed by atoms with Gasteiger partial charge in [0.15, 0.2) is 5.96 Å². The average Bonchev–Trinajstić information content (AvgIpc) is 2.38. The summed E-state index contributed by atoms with van der Waals surface area (Å²) in [5.74, 6) is 1.25. The minimum atomic E-state index is 0.487. The molecule has 0 bridgehead atoms. The third kappa shape index (κ3) is 4.84. The van der Waals surface area contributed by atoms with Gasteiger partial charge in [-0.2, -0.15) is 0 Å². The van der Waals surface area contributed by atoms with Gasteiger partial charge in [-0.1, -0.05) is 24.6 Å². The highest BCUT2D eigenvalue weighted by atomic mass is 35.5. The Balaban J connectivity index is 2.44. The number of nitrogens with one attached hydrogen (secondary N) is 1. The second-order valence-electron chi connectivity index (χ2n) is 3.90. The lowest BCUT2D eigenvalue weighted by molar-refractivity contribution is 0.414. The molecule has 0 spiro atoms. The van der Waals surface area contributed by atoms with Crippen molar-refractivity contribution >= 4 is 17.6 Å². The molecule has 1 aromatic rings. The third-order valence-corrected chi connectivity index (χ3v) is 2.82. The van der Waals surface area contributed by atoms with Crippen LogP contribution in [0.2, 0.25) is 5.02 Å². The van der Waals surface area contributed by atoms with Crippen molar-refractivity contribution < 1.29 is 4.74 Å². The average molecular weight is 270 g/mol. The molecule has 0 aromatic heterocycles. The van der Waals surface area contributed by atoms with E-state index in [4.69, 9.17) is 22.1 Å². The number of ether oxygens (including phenoxy) is 1. The van der Waals surface area contributed by atoms with Crippen molar-refractivity contribution in [2.24, 2.45) is 10.7 Å². The highest BCUT2D eigenvalue weighted by molar-refractivity contribution is 6.31. The van der Waals surface area contributed by atoms with Crippen molar-refractivity contribution in [3.05, 3.63) is 28.8 Å². The summed E-state index contributed by atoms with van der Waals surface area (Å²) in [5.41, 5.74) is 6.76. The molecule has 5 heteroatoms. The number of hydrogen-bond donors (Lipinski definition) is 2. The van der Waals surface area contributed by atoms with Crippen molar-refractivity contribution in [1.29, 1.82) is 0 Å². The van der Waals surface area contributed by atoms with Gasteiger partial charge in [-0.3, -0.25) is 4.99 Å². The Morgan fingerprint density at radius 3 is 2.89 bits per heavy atom. The topological polar surface area (TPSA) is 59.6 Å². The van der Waals surface area contributed by atoms with Gasteiger partial charge in [-0.15, -0.1) is 0 Å². The lowest BCUT2D eigenvalue weighted by Crippen LogP contribution is -2.33. The second-order valence-corrected chi connectivity index (χ2v) is 4.31. The number of benzene rings is 1. The zero-order chi connectivity index (χ0) is 13.4. The number of methoxy groups -OCH3 is 1. The highest BCUT2D eigenvalue weighted by Crippen LogP contribution is 2.22. The lowest BCUT2D eigenvalue weighted by Gasteiger charge is -2.08. The van der Waals surface area contributed by atoms with Crippen LogP contribution in [0.4, 0.5) is 0 Å². The van der Waals surface area contributed by atoms with Crippen molar-refractivity contribution in [3.63, 3.8) is 0 Å². The minimum absolute atomic E-state index is 0.487. The molecular formula is C13H20ClN3O. The molecular weight excluding hydrogens is 250 g/mol. The predicted octanol–water partition coefficient (Wildman–Crippen LogP) is 2.21. The van der Waals surface area contributed by atoms with E-state index < -0.39 is 0 Å². The van der Waals surface area contributed by atoms with Gasteiger partial charge >= 0.3 is 0 Å². The Hall–Kier alpha value is -1.42. The molecule has 0 fully saturated rings. The maximum atomic E-state index is 6.14. The summed E-state index contributed by atoms with van der Waals surface area (Å²) < 4.78 is 5.10. The van der Waals surface area contributed by atoms with Gasteiger partial charge in [0.25, 0.3) is 0 Å². The summed E-state index contributed by atoms with van der Waals surface area (Å²) in [6, 6.07) is 5.67. The van der Waals surface area contributed by atoms with Crippen LogP contribution in [-0.4, -0.2) is 26.2 Å². The van der Waals surface area contributed by atoms with E-state index in [0.717, 1.165) is 30.7 Å². The number of guanidine groups is 1. The van der Waals surface area contributed by atoms with Gasteiger partial charge in [-0.05, 0) is 30.5 Å². The molecule has 18 heavy (non-hydrogen) atoms. The molecule has 0 aliphatic rings. The molecule has 4 nitrogen and oxygen atoms in total. The van der Waals surface area contributed by atoms with Crippen LogP contribution in [-0.2, 0) is 6.42 Å². The third-order valence-electron chi connectivity index (χ3n) is 2.47. The Kier molecular flexibility index (Phi) is 6.36. The van der Waals surface area contributed by atoms with E-state index in [-0.39, 0.29) is 0 Å². The zero-order valence-corrected chi connectivity index (χ0v) is 11.6. The molecule has 100 valence electrons. The number of aliphatic imine (C=N–C) groups is 1. The molecule has 0 aliphatic carbocycles. The molecule has 1 rings (SSSR count). The summed E-state index contributed by atoms with van der Waals surface area (Å²) >= 11 is 6.14. The number of nitrogens with two attached hydrogens (primary N) is 1. The molecule has 0 aliphatic heterocycles. The van der Waals surface area contributed by atoms with Crippen molar-refractivity contribution in [1.82, 2.24) is 5.32 Å². The largest absolute Gasteiger partial charge is 0.497 e. The molecule has 3 N–H and O–H groups in total. The van der Waals surface area contributed by atoms with Gasteiger partial charge in [0.2, 0.25) is 0 Å². The summed E-state index contributed by atoms with van der Waals surface area (Å²) in [4.78, 5) is 4.15. The first-order valence-electron chi connectivity index (χ1n) is 6.03. The first kappa shape index (κ1) is 14.6. The second kappa shape index (κ2) is 7.82. The van der Waals surface area contributed by atoms with Gasteiger partial charge in [0.05, 0.1) is 7.11 Å². The molecule has 0 saturated heterocycles. The number of rotatable bonds is 6. The molecule has 0 radical (unpaired) electrons. The number of nitrogens with zero attached hydrogens (tertiary/aromatic N) is 1. The molecule has 0 atom stereocenters. The van der Waals surface area contributed by atoms with Crippen LogP contribution < -0.4 is 15.8 Å². The van der Waals surface area contributed by atoms with Gasteiger partial charge in [-0.25, -0.2) is 0 Å². The monoisotopic (exact) mass is 269 g/mol. The molecule has 1 aromatic carbocycles. The summed E-state index contributed by atoms with van der Waals surface area (Å²) in [7, 11) is 1.62. The van der Waals surface area contributed by atoms with E-state index in [1.165, 1.54) is 0 Å². The van der Waals surface area contributed by atoms with Gasteiger partial charge in [0, 0.05) is 18.1 Å². The van der Waals surface area contributed by atoms with Crippen LogP contribution in [0.25, 0.3) is 0 Å². The Morgan fingerprint density at radius 2 is 2.28 bits per heavy atom. The predicted molar refractivity (Wildman–Crippen MR) is 76.5 cm³/mol. The van der Waals surface area contributed by atoms with Crippen LogP contribution in [0, 0.1) is 0 Å². The SMILES string of the molecule is CCCN=C(N)NCCc1ccc(OC)cc1Cl. The fourth-order valence-corrected chi connectivity index (χ4v) is 1.74. The minimum Gasteiger partial charge on any atom is -0.497 e. The summed E-state index contributed by atoms with van der Waals surface area (Å²) in [6.07, 6.45) is 1.79. The zero-order valence-electron chi connectivity index (χ0n) is 10.9. The van der Waals surface area contributed by atoms with E-state index in [2.05, 4.69) is 17.2 Å². The van der Waals surface area contributed by atoms with Crippen LogP contribution >= 0.6 is 11.6 Å². The number of halogens is 1. The maximum absolute atomic E-state index is 6.14. The van der Waals surface area contributed by atoms with Crippen molar-refractivity contribution in [2.75, 3.05) is 20.2 Å². The quantitative estimate of drug-likeness (QED) is 0.615. The van der Waals surface area contributed by atoms with E-state index in [1.54, 1.807) is 7.11 Å². The maximum Gasteiger partial charge on any atom is 0.188 e. The van der Waals surface area contributed by atoms with E-state index >= 15 is 0 Å². The molecule has 0 amide bonds.